The molecular weight excluding hydrogens is 382 g/mol. The smallest absolute Gasteiger partial charge is 0.251 e. The van der Waals surface area contributed by atoms with E-state index in [2.05, 4.69) is 15.5 Å². The van der Waals surface area contributed by atoms with E-state index in [1.165, 1.54) is 0 Å². The number of nitrogens with one attached hydrogen (secondary N) is 1. The van der Waals surface area contributed by atoms with Crippen molar-refractivity contribution in [1.29, 1.82) is 0 Å². The standard InChI is InChI=1S/C23H21N3O4/c1-28-12-13-29-23-18(8-5-11-24-23)15-25-22(27)17-9-10-20-19(14-17)21(30-26-20)16-6-3-2-4-7-16/h2-11,14H,12-13,15H2,1H3,(H,25,27). The Hall–Kier alpha value is -3.71. The van der Waals surface area contributed by atoms with E-state index in [0.717, 1.165) is 16.5 Å². The number of rotatable bonds is 8. The molecule has 0 radical (unpaired) electrons. The predicted molar refractivity (Wildman–Crippen MR) is 112 cm³/mol. The number of ether oxygens (including phenoxy) is 2. The van der Waals surface area contributed by atoms with Gasteiger partial charge >= 0.3 is 0 Å². The Morgan fingerprint density at radius 2 is 1.93 bits per heavy atom. The number of hydrogen-bond acceptors (Lipinski definition) is 6. The van der Waals surface area contributed by atoms with Crippen LogP contribution in [0.3, 0.4) is 0 Å². The Bertz CT molecular complexity index is 1140. The van der Waals surface area contributed by atoms with E-state index in [9.17, 15) is 4.79 Å². The summed E-state index contributed by atoms with van der Waals surface area (Å²) in [7, 11) is 1.61. The maximum absolute atomic E-state index is 12.8. The third-order valence-corrected chi connectivity index (χ3v) is 4.59. The molecule has 1 N–H and O–H groups in total. The van der Waals surface area contributed by atoms with Crippen molar-refractivity contribution in [2.24, 2.45) is 0 Å². The van der Waals surface area contributed by atoms with Crippen molar-refractivity contribution in [3.63, 3.8) is 0 Å². The first-order valence-corrected chi connectivity index (χ1v) is 9.55. The van der Waals surface area contributed by atoms with E-state index >= 15 is 0 Å². The van der Waals surface area contributed by atoms with Crippen LogP contribution in [0.1, 0.15) is 15.9 Å². The molecular formula is C23H21N3O4. The average Bonchev–Trinajstić information content (AvgIpc) is 3.22. The summed E-state index contributed by atoms with van der Waals surface area (Å²) in [4.78, 5) is 17.0. The average molecular weight is 403 g/mol. The number of benzene rings is 2. The largest absolute Gasteiger partial charge is 0.475 e. The number of hydrogen-bond donors (Lipinski definition) is 1. The highest BCUT2D eigenvalue weighted by Crippen LogP contribution is 2.29. The Labute approximate surface area is 173 Å². The van der Waals surface area contributed by atoms with Crippen LogP contribution in [-0.4, -0.2) is 36.4 Å². The number of methoxy groups -OCH3 is 1. The summed E-state index contributed by atoms with van der Waals surface area (Å²) in [5, 5.41) is 7.81. The van der Waals surface area contributed by atoms with Crippen LogP contribution in [0.4, 0.5) is 0 Å². The molecule has 0 bridgehead atoms. The Morgan fingerprint density at radius 1 is 1.07 bits per heavy atom. The first-order chi connectivity index (χ1) is 14.8. The van der Waals surface area contributed by atoms with Gasteiger partial charge < -0.3 is 19.3 Å². The monoisotopic (exact) mass is 403 g/mol. The molecule has 0 aliphatic carbocycles. The Kier molecular flexibility index (Phi) is 6.01. The first kappa shape index (κ1) is 19.6. The van der Waals surface area contributed by atoms with Gasteiger partial charge in [0.15, 0.2) is 5.76 Å². The molecule has 0 saturated carbocycles. The minimum absolute atomic E-state index is 0.205. The fourth-order valence-electron chi connectivity index (χ4n) is 3.07. The molecule has 2 aromatic heterocycles. The highest BCUT2D eigenvalue weighted by Gasteiger charge is 2.14. The van der Waals surface area contributed by atoms with E-state index in [-0.39, 0.29) is 5.91 Å². The number of pyridine rings is 1. The van der Waals surface area contributed by atoms with E-state index in [1.54, 1.807) is 37.6 Å². The summed E-state index contributed by atoms with van der Waals surface area (Å²) in [5.74, 6) is 0.917. The fraction of sp³-hybridized carbons (Fsp3) is 0.174. The van der Waals surface area contributed by atoms with Gasteiger partial charge in [-0.05, 0) is 24.3 Å². The highest BCUT2D eigenvalue weighted by atomic mass is 16.5. The van der Waals surface area contributed by atoms with Crippen molar-refractivity contribution in [3.8, 4) is 17.2 Å². The van der Waals surface area contributed by atoms with Crippen molar-refractivity contribution >= 4 is 16.8 Å². The number of nitrogens with zero attached hydrogens (tertiary/aromatic N) is 2. The molecule has 4 rings (SSSR count). The van der Waals surface area contributed by atoms with E-state index in [0.29, 0.717) is 42.5 Å². The van der Waals surface area contributed by atoms with Crippen molar-refractivity contribution in [2.45, 2.75) is 6.54 Å². The minimum Gasteiger partial charge on any atom is -0.475 e. The van der Waals surface area contributed by atoms with Crippen molar-refractivity contribution in [2.75, 3.05) is 20.3 Å². The normalized spacial score (nSPS) is 10.8. The molecule has 2 heterocycles. The lowest BCUT2D eigenvalue weighted by molar-refractivity contribution is 0.0950. The van der Waals surface area contributed by atoms with Crippen LogP contribution in [0.5, 0.6) is 5.88 Å². The van der Waals surface area contributed by atoms with Gasteiger partial charge in [-0.2, -0.15) is 0 Å². The first-order valence-electron chi connectivity index (χ1n) is 9.55. The van der Waals surface area contributed by atoms with Gasteiger partial charge in [0.05, 0.1) is 12.0 Å². The summed E-state index contributed by atoms with van der Waals surface area (Å²) in [5.41, 5.74) is 2.92. The van der Waals surface area contributed by atoms with Crippen molar-refractivity contribution in [3.05, 3.63) is 78.0 Å². The Morgan fingerprint density at radius 3 is 2.77 bits per heavy atom. The summed E-state index contributed by atoms with van der Waals surface area (Å²) >= 11 is 0. The zero-order valence-electron chi connectivity index (χ0n) is 16.5. The summed E-state index contributed by atoms with van der Waals surface area (Å²) in [6.45, 7) is 1.15. The molecule has 0 spiro atoms. The topological polar surface area (TPSA) is 86.5 Å². The number of carbonyl (C=O) groups is 1. The SMILES string of the molecule is COCCOc1ncccc1CNC(=O)c1ccc2noc(-c3ccccc3)c2c1. The van der Waals surface area contributed by atoms with Crippen LogP contribution < -0.4 is 10.1 Å². The molecule has 7 nitrogen and oxygen atoms in total. The zero-order chi connectivity index (χ0) is 20.8. The number of carbonyl (C=O) groups excluding carboxylic acids is 1. The van der Waals surface area contributed by atoms with Gasteiger partial charge in [-0.1, -0.05) is 41.6 Å². The molecule has 0 fully saturated rings. The van der Waals surface area contributed by atoms with Crippen LogP contribution in [-0.2, 0) is 11.3 Å². The van der Waals surface area contributed by atoms with Crippen LogP contribution in [0.15, 0.2) is 71.4 Å². The maximum atomic E-state index is 12.8. The summed E-state index contributed by atoms with van der Waals surface area (Å²) < 4.78 is 16.1. The molecule has 152 valence electrons. The number of aromatic nitrogens is 2. The lowest BCUT2D eigenvalue weighted by Crippen LogP contribution is -2.23. The maximum Gasteiger partial charge on any atom is 0.251 e. The second-order valence-corrected chi connectivity index (χ2v) is 6.60. The minimum atomic E-state index is -0.205. The van der Waals surface area contributed by atoms with Gasteiger partial charge in [-0.25, -0.2) is 4.98 Å². The Balaban J connectivity index is 1.51. The highest BCUT2D eigenvalue weighted by molar-refractivity contribution is 6.00. The lowest BCUT2D eigenvalue weighted by atomic mass is 10.1. The molecule has 2 aromatic carbocycles. The lowest BCUT2D eigenvalue weighted by Gasteiger charge is -2.11. The molecule has 1 amide bonds. The van der Waals surface area contributed by atoms with Crippen molar-refractivity contribution < 1.29 is 18.8 Å². The second-order valence-electron chi connectivity index (χ2n) is 6.60. The van der Waals surface area contributed by atoms with Crippen LogP contribution in [0.25, 0.3) is 22.2 Å². The van der Waals surface area contributed by atoms with Gasteiger partial charge in [-0.15, -0.1) is 0 Å². The molecule has 0 aliphatic rings. The van der Waals surface area contributed by atoms with Gasteiger partial charge in [0.25, 0.3) is 5.91 Å². The van der Waals surface area contributed by atoms with Gasteiger partial charge in [-0.3, -0.25) is 4.79 Å². The van der Waals surface area contributed by atoms with E-state index in [4.69, 9.17) is 14.0 Å². The van der Waals surface area contributed by atoms with Gasteiger partial charge in [0.1, 0.15) is 12.1 Å². The van der Waals surface area contributed by atoms with Gasteiger partial charge in [0, 0.05) is 36.5 Å². The predicted octanol–water partition coefficient (Wildman–Crippen LogP) is 3.85. The summed E-state index contributed by atoms with van der Waals surface area (Å²) in [6.07, 6.45) is 1.65. The van der Waals surface area contributed by atoms with E-state index in [1.807, 2.05) is 36.4 Å². The van der Waals surface area contributed by atoms with E-state index < -0.39 is 0 Å². The van der Waals surface area contributed by atoms with Crippen LogP contribution in [0.2, 0.25) is 0 Å². The number of amides is 1. The molecule has 0 unspecified atom stereocenters. The summed E-state index contributed by atoms with van der Waals surface area (Å²) in [6, 6.07) is 18.7. The third kappa shape index (κ3) is 4.31. The quantitative estimate of drug-likeness (QED) is 0.450. The fourth-order valence-corrected chi connectivity index (χ4v) is 3.07. The van der Waals surface area contributed by atoms with Crippen LogP contribution >= 0.6 is 0 Å². The molecule has 4 aromatic rings. The van der Waals surface area contributed by atoms with Gasteiger partial charge in [0.2, 0.25) is 5.88 Å². The molecule has 0 saturated heterocycles. The zero-order valence-corrected chi connectivity index (χ0v) is 16.5. The van der Waals surface area contributed by atoms with Crippen LogP contribution in [0, 0.1) is 0 Å². The third-order valence-electron chi connectivity index (χ3n) is 4.59. The molecule has 7 heteroatoms. The number of fused-ring (bicyclic) bond motifs is 1. The molecule has 0 aliphatic heterocycles. The molecule has 0 atom stereocenters. The molecule has 30 heavy (non-hydrogen) atoms. The second kappa shape index (κ2) is 9.19. The van der Waals surface area contributed by atoms with Crippen molar-refractivity contribution in [1.82, 2.24) is 15.5 Å².